The third-order valence-electron chi connectivity index (χ3n) is 3.10. The van der Waals surface area contributed by atoms with Gasteiger partial charge in [0.2, 0.25) is 0 Å². The van der Waals surface area contributed by atoms with E-state index < -0.39 is 0 Å². The lowest BCUT2D eigenvalue weighted by atomic mass is 10.1. The van der Waals surface area contributed by atoms with Crippen LogP contribution in [0.2, 0.25) is 0 Å². The number of benzene rings is 2. The molecular weight excluding hydrogens is 306 g/mol. The molecule has 22 heavy (non-hydrogen) atoms. The Labute approximate surface area is 139 Å². The first-order valence-electron chi connectivity index (χ1n) is 7.00. The van der Waals surface area contributed by atoms with Gasteiger partial charge in [0.25, 0.3) is 0 Å². The van der Waals surface area contributed by atoms with Gasteiger partial charge in [0, 0.05) is 16.5 Å². The van der Waals surface area contributed by atoms with Gasteiger partial charge in [-0.25, -0.2) is 4.98 Å². The fourth-order valence-corrected chi connectivity index (χ4v) is 3.51. The smallest absolute Gasteiger partial charge is 0.151 e. The van der Waals surface area contributed by atoms with Gasteiger partial charge >= 0.3 is 0 Å². The molecule has 0 aliphatic heterocycles. The summed E-state index contributed by atoms with van der Waals surface area (Å²) in [4.78, 5) is 4.67. The lowest BCUT2D eigenvalue weighted by Gasteiger charge is -1.96. The minimum atomic E-state index is 0.760. The van der Waals surface area contributed by atoms with E-state index in [9.17, 15) is 0 Å². The second kappa shape index (κ2) is 7.31. The van der Waals surface area contributed by atoms with Crippen molar-refractivity contribution in [3.63, 3.8) is 0 Å². The summed E-state index contributed by atoms with van der Waals surface area (Å²) in [5.74, 6) is 7.11. The molecule has 3 aromatic rings. The quantitative estimate of drug-likeness (QED) is 0.482. The van der Waals surface area contributed by atoms with E-state index in [4.69, 9.17) is 0 Å². The second-order valence-corrected chi connectivity index (χ2v) is 6.90. The SMILES string of the molecule is Cc1ccc(-c2csc(SCC#Cc3ccccc3)n2)cc1. The minimum Gasteiger partial charge on any atom is -0.230 e. The molecule has 0 N–H and O–H groups in total. The summed E-state index contributed by atoms with van der Waals surface area (Å²) in [7, 11) is 0. The summed E-state index contributed by atoms with van der Waals surface area (Å²) in [6, 6.07) is 18.5. The van der Waals surface area contributed by atoms with Crippen LogP contribution >= 0.6 is 23.1 Å². The van der Waals surface area contributed by atoms with E-state index in [2.05, 4.69) is 53.4 Å². The zero-order valence-corrected chi connectivity index (χ0v) is 13.9. The summed E-state index contributed by atoms with van der Waals surface area (Å²) in [5, 5.41) is 2.11. The van der Waals surface area contributed by atoms with Crippen molar-refractivity contribution in [2.45, 2.75) is 11.3 Å². The average molecular weight is 321 g/mol. The van der Waals surface area contributed by atoms with Crippen molar-refractivity contribution in [1.29, 1.82) is 0 Å². The van der Waals surface area contributed by atoms with E-state index in [1.54, 1.807) is 23.1 Å². The number of thioether (sulfide) groups is 1. The Morgan fingerprint density at radius 3 is 2.59 bits per heavy atom. The van der Waals surface area contributed by atoms with E-state index in [-0.39, 0.29) is 0 Å². The van der Waals surface area contributed by atoms with Gasteiger partial charge in [-0.3, -0.25) is 0 Å². The highest BCUT2D eigenvalue weighted by Crippen LogP contribution is 2.28. The molecule has 0 saturated heterocycles. The summed E-state index contributed by atoms with van der Waals surface area (Å²) >= 11 is 3.37. The van der Waals surface area contributed by atoms with Crippen molar-refractivity contribution in [1.82, 2.24) is 4.98 Å². The van der Waals surface area contributed by atoms with Crippen LogP contribution in [0.25, 0.3) is 11.3 Å². The number of rotatable bonds is 3. The Bertz CT molecular complexity index is 793. The van der Waals surface area contributed by atoms with E-state index in [0.29, 0.717) is 0 Å². The van der Waals surface area contributed by atoms with E-state index in [1.165, 1.54) is 11.1 Å². The van der Waals surface area contributed by atoms with Crippen LogP contribution in [0.3, 0.4) is 0 Å². The van der Waals surface area contributed by atoms with Crippen LogP contribution in [0.15, 0.2) is 64.3 Å². The zero-order valence-electron chi connectivity index (χ0n) is 12.2. The molecule has 1 heterocycles. The highest BCUT2D eigenvalue weighted by Gasteiger charge is 2.04. The van der Waals surface area contributed by atoms with Gasteiger partial charge in [0.15, 0.2) is 4.34 Å². The molecule has 0 radical (unpaired) electrons. The molecule has 0 atom stereocenters. The highest BCUT2D eigenvalue weighted by atomic mass is 32.2. The van der Waals surface area contributed by atoms with Crippen LogP contribution in [-0.2, 0) is 0 Å². The first kappa shape index (κ1) is 14.9. The Morgan fingerprint density at radius 1 is 1.05 bits per heavy atom. The molecule has 108 valence electrons. The van der Waals surface area contributed by atoms with Crippen LogP contribution in [-0.4, -0.2) is 10.7 Å². The Morgan fingerprint density at radius 2 is 1.82 bits per heavy atom. The van der Waals surface area contributed by atoms with Crippen molar-refractivity contribution in [2.24, 2.45) is 0 Å². The Balaban J connectivity index is 1.61. The predicted molar refractivity (Wildman–Crippen MR) is 96.3 cm³/mol. The van der Waals surface area contributed by atoms with Gasteiger partial charge in [-0.1, -0.05) is 71.6 Å². The molecule has 0 aliphatic carbocycles. The fourth-order valence-electron chi connectivity index (χ4n) is 1.94. The number of hydrogen-bond donors (Lipinski definition) is 0. The maximum absolute atomic E-state index is 4.67. The fraction of sp³-hybridized carbons (Fsp3) is 0.105. The molecule has 3 heteroatoms. The monoisotopic (exact) mass is 321 g/mol. The topological polar surface area (TPSA) is 12.9 Å². The van der Waals surface area contributed by atoms with Gasteiger partial charge in [-0.05, 0) is 19.1 Å². The number of nitrogens with zero attached hydrogens (tertiary/aromatic N) is 1. The highest BCUT2D eigenvalue weighted by molar-refractivity contribution is 8.01. The molecule has 1 aromatic heterocycles. The van der Waals surface area contributed by atoms with E-state index in [0.717, 1.165) is 21.3 Å². The first-order valence-corrected chi connectivity index (χ1v) is 8.87. The van der Waals surface area contributed by atoms with E-state index >= 15 is 0 Å². The van der Waals surface area contributed by atoms with Crippen molar-refractivity contribution in [2.75, 3.05) is 5.75 Å². The molecule has 0 bridgehead atoms. The number of hydrogen-bond acceptors (Lipinski definition) is 3. The van der Waals surface area contributed by atoms with Crippen LogP contribution in [0.5, 0.6) is 0 Å². The first-order chi connectivity index (χ1) is 10.8. The third kappa shape index (κ3) is 4.00. The zero-order chi connectivity index (χ0) is 15.2. The number of thiazole rings is 1. The molecule has 3 rings (SSSR count). The maximum atomic E-state index is 4.67. The molecule has 0 saturated carbocycles. The molecule has 0 aliphatic rings. The predicted octanol–water partition coefficient (Wildman–Crippen LogP) is 5.26. The third-order valence-corrected chi connectivity index (χ3v) is 5.01. The molecule has 0 spiro atoms. The summed E-state index contributed by atoms with van der Waals surface area (Å²) in [5.41, 5.74) is 4.54. The van der Waals surface area contributed by atoms with Gasteiger partial charge < -0.3 is 0 Å². The molecule has 1 nitrogen and oxygen atoms in total. The molecule has 2 aromatic carbocycles. The lowest BCUT2D eigenvalue weighted by molar-refractivity contribution is 1.25. The van der Waals surface area contributed by atoms with Crippen LogP contribution in [0.4, 0.5) is 0 Å². The van der Waals surface area contributed by atoms with Crippen molar-refractivity contribution < 1.29 is 0 Å². The van der Waals surface area contributed by atoms with E-state index in [1.807, 2.05) is 30.3 Å². The van der Waals surface area contributed by atoms with Crippen molar-refractivity contribution in [3.05, 3.63) is 71.1 Å². The standard InChI is InChI=1S/C19H15NS2/c1-15-9-11-17(12-10-15)18-14-22-19(20-18)21-13-5-8-16-6-3-2-4-7-16/h2-4,6-7,9-12,14H,13H2,1H3. The molecular formula is C19H15NS2. The largest absolute Gasteiger partial charge is 0.230 e. The van der Waals surface area contributed by atoms with Crippen molar-refractivity contribution >= 4 is 23.1 Å². The normalized spacial score (nSPS) is 10.0. The van der Waals surface area contributed by atoms with Gasteiger partial charge in [-0.2, -0.15) is 0 Å². The van der Waals surface area contributed by atoms with Gasteiger partial charge in [0.1, 0.15) is 0 Å². The van der Waals surface area contributed by atoms with Crippen molar-refractivity contribution in [3.8, 4) is 23.1 Å². The summed E-state index contributed by atoms with van der Waals surface area (Å²) in [6.45, 7) is 2.09. The van der Waals surface area contributed by atoms with Gasteiger partial charge in [0.05, 0.1) is 11.4 Å². The van der Waals surface area contributed by atoms with Crippen LogP contribution in [0, 0.1) is 18.8 Å². The number of aromatic nitrogens is 1. The molecule has 0 amide bonds. The minimum absolute atomic E-state index is 0.760. The van der Waals surface area contributed by atoms with Gasteiger partial charge in [-0.15, -0.1) is 11.3 Å². The Kier molecular flexibility index (Phi) is 4.95. The van der Waals surface area contributed by atoms with Crippen LogP contribution < -0.4 is 0 Å². The maximum Gasteiger partial charge on any atom is 0.151 e. The lowest BCUT2D eigenvalue weighted by Crippen LogP contribution is -1.79. The average Bonchev–Trinajstić information content (AvgIpc) is 3.02. The Hall–Kier alpha value is -2.02. The molecule has 0 unspecified atom stereocenters. The number of aryl methyl sites for hydroxylation is 1. The molecule has 0 fully saturated rings. The second-order valence-electron chi connectivity index (χ2n) is 4.82. The van der Waals surface area contributed by atoms with Crippen LogP contribution in [0.1, 0.15) is 11.1 Å². The summed E-state index contributed by atoms with van der Waals surface area (Å²) in [6.07, 6.45) is 0. The summed E-state index contributed by atoms with van der Waals surface area (Å²) < 4.78 is 1.07.